The first-order valence-corrected chi connectivity index (χ1v) is 19.3. The van der Waals surface area contributed by atoms with Crippen molar-refractivity contribution in [1.82, 2.24) is 14.5 Å². The molecule has 276 valence electrons. The Morgan fingerprint density at radius 2 is 1.53 bits per heavy atom. The lowest BCUT2D eigenvalue weighted by atomic mass is 9.59. The fraction of sp³-hybridized carbons (Fsp3) is 0.286. The van der Waals surface area contributed by atoms with E-state index in [1.807, 2.05) is 36.7 Å². The van der Waals surface area contributed by atoms with Gasteiger partial charge in [0.1, 0.15) is 28.8 Å². The number of rotatable bonds is 5. The Morgan fingerprint density at radius 3 is 2.31 bits per heavy atom. The molecule has 0 saturated heterocycles. The minimum atomic E-state index is -0.456. The Hall–Kier alpha value is -5.75. The van der Waals surface area contributed by atoms with Crippen LogP contribution in [0, 0.1) is 20.8 Å². The number of hydrogen-bond donors (Lipinski definition) is 0. The van der Waals surface area contributed by atoms with Crippen molar-refractivity contribution in [1.29, 1.82) is 0 Å². The molecule has 0 N–H and O–H groups in total. The Labute approximate surface area is 323 Å². The molecule has 0 unspecified atom stereocenters. The third-order valence-electron chi connectivity index (χ3n) is 12.1. The van der Waals surface area contributed by atoms with Gasteiger partial charge >= 0.3 is 0 Å². The maximum Gasteiger partial charge on any atom is 0.217 e. The number of ether oxygens (including phenoxy) is 2. The second-order valence-corrected chi connectivity index (χ2v) is 17.4. The lowest BCUT2D eigenvalue weighted by Gasteiger charge is -2.48. The molecule has 0 saturated carbocycles. The minimum absolute atomic E-state index is 0.0938. The van der Waals surface area contributed by atoms with E-state index in [1.54, 1.807) is 0 Å². The van der Waals surface area contributed by atoms with Gasteiger partial charge in [-0.05, 0) is 122 Å². The molecule has 2 atom stereocenters. The summed E-state index contributed by atoms with van der Waals surface area (Å²) in [5.74, 6) is 2.06. The highest BCUT2D eigenvalue weighted by molar-refractivity contribution is 6.08. The van der Waals surface area contributed by atoms with E-state index in [0.717, 1.165) is 56.8 Å². The molecule has 9 rings (SSSR count). The summed E-state index contributed by atoms with van der Waals surface area (Å²) in [6.07, 6.45) is 4.41. The second-order valence-electron chi connectivity index (χ2n) is 17.4. The maximum absolute atomic E-state index is 6.95. The van der Waals surface area contributed by atoms with Gasteiger partial charge in [-0.2, -0.15) is 0 Å². The van der Waals surface area contributed by atoms with Crippen molar-refractivity contribution in [2.24, 2.45) is 4.99 Å². The molecule has 6 nitrogen and oxygen atoms in total. The maximum atomic E-state index is 6.95. The van der Waals surface area contributed by atoms with Gasteiger partial charge in [0.15, 0.2) is 0 Å². The largest absolute Gasteiger partial charge is 0.471 e. The number of aliphatic imine (C=N–C) groups is 1. The molecule has 0 amide bonds. The van der Waals surface area contributed by atoms with Crippen LogP contribution in [-0.4, -0.2) is 32.1 Å². The number of aromatic nitrogens is 3. The van der Waals surface area contributed by atoms with Crippen molar-refractivity contribution >= 4 is 27.8 Å². The van der Waals surface area contributed by atoms with Crippen LogP contribution in [0.1, 0.15) is 80.5 Å². The zero-order chi connectivity index (χ0) is 38.4. The van der Waals surface area contributed by atoms with Gasteiger partial charge in [0, 0.05) is 52.2 Å². The average Bonchev–Trinajstić information content (AvgIpc) is 3.66. The summed E-state index contributed by atoms with van der Waals surface area (Å²) in [5, 5.41) is 2.31. The number of aryl methyl sites for hydroxylation is 3. The van der Waals surface area contributed by atoms with Crippen LogP contribution in [-0.2, 0) is 22.0 Å². The van der Waals surface area contributed by atoms with Crippen LogP contribution in [0.2, 0.25) is 0 Å². The predicted molar refractivity (Wildman–Crippen MR) is 224 cm³/mol. The van der Waals surface area contributed by atoms with Crippen molar-refractivity contribution < 1.29 is 9.47 Å². The predicted octanol–water partition coefficient (Wildman–Crippen LogP) is 11.7. The molecule has 2 aliphatic rings. The molecule has 0 bridgehead atoms. The molecule has 4 heterocycles. The quantitative estimate of drug-likeness (QED) is 0.177. The van der Waals surface area contributed by atoms with E-state index in [-0.39, 0.29) is 16.9 Å². The number of hydrogen-bond acceptors (Lipinski definition) is 5. The highest BCUT2D eigenvalue weighted by atomic mass is 16.5. The fourth-order valence-corrected chi connectivity index (χ4v) is 9.06. The molecule has 4 aromatic carbocycles. The Kier molecular flexibility index (Phi) is 7.88. The molecule has 7 aromatic rings. The Morgan fingerprint density at radius 1 is 0.745 bits per heavy atom. The smallest absolute Gasteiger partial charge is 0.217 e. The topological polar surface area (TPSA) is 61.5 Å². The second kappa shape index (κ2) is 12.4. The highest BCUT2D eigenvalue weighted by Crippen LogP contribution is 2.52. The summed E-state index contributed by atoms with van der Waals surface area (Å²) in [4.78, 5) is 15.1. The monoisotopic (exact) mass is 724 g/mol. The zero-order valence-electron chi connectivity index (χ0n) is 33.3. The van der Waals surface area contributed by atoms with Crippen LogP contribution >= 0.6 is 0 Å². The van der Waals surface area contributed by atoms with Gasteiger partial charge in [0.25, 0.3) is 0 Å². The van der Waals surface area contributed by atoms with Crippen LogP contribution in [0.25, 0.3) is 38.9 Å². The zero-order valence-corrected chi connectivity index (χ0v) is 33.3. The Balaban J connectivity index is 1.17. The summed E-state index contributed by atoms with van der Waals surface area (Å²) < 4.78 is 16.1. The van der Waals surface area contributed by atoms with Crippen molar-refractivity contribution in [3.05, 3.63) is 148 Å². The highest BCUT2D eigenvalue weighted by Gasteiger charge is 2.57. The van der Waals surface area contributed by atoms with E-state index in [1.165, 1.54) is 33.2 Å². The van der Waals surface area contributed by atoms with Crippen molar-refractivity contribution in [3.8, 4) is 28.4 Å². The average molecular weight is 725 g/mol. The third-order valence-corrected chi connectivity index (χ3v) is 12.1. The third kappa shape index (κ3) is 5.73. The van der Waals surface area contributed by atoms with Crippen LogP contribution < -0.4 is 4.74 Å². The van der Waals surface area contributed by atoms with E-state index in [9.17, 15) is 0 Å². The van der Waals surface area contributed by atoms with Crippen LogP contribution in [0.15, 0.2) is 114 Å². The Bertz CT molecular complexity index is 2700. The fourth-order valence-electron chi connectivity index (χ4n) is 9.06. The molecule has 0 radical (unpaired) electrons. The molecule has 1 aliphatic heterocycles. The van der Waals surface area contributed by atoms with Gasteiger partial charge < -0.3 is 9.47 Å². The van der Waals surface area contributed by atoms with E-state index in [2.05, 4.69) is 140 Å². The van der Waals surface area contributed by atoms with E-state index in [0.29, 0.717) is 11.6 Å². The van der Waals surface area contributed by atoms with Gasteiger partial charge in [-0.1, -0.05) is 70.0 Å². The molecule has 0 fully saturated rings. The van der Waals surface area contributed by atoms with Crippen molar-refractivity contribution in [2.75, 3.05) is 0 Å². The first kappa shape index (κ1) is 35.0. The first-order valence-electron chi connectivity index (χ1n) is 19.3. The SMILES string of the molecule is Cc1cc(C)c2c(c1)C[C@@H]1OC(c3cc(Oc4cc(-n5c6ccc(C)cc6c6cccnc65)cc(C(C)(C)C)c4)cc(-c4ccccn4)c3)=N[C@@]1(C)C2(C)C. The van der Waals surface area contributed by atoms with Gasteiger partial charge in [0.2, 0.25) is 5.90 Å². The minimum Gasteiger partial charge on any atom is -0.471 e. The molecular weight excluding hydrogens is 677 g/mol. The normalized spacial score (nSPS) is 18.9. The summed E-state index contributed by atoms with van der Waals surface area (Å²) >= 11 is 0. The summed E-state index contributed by atoms with van der Waals surface area (Å²) in [5.41, 5.74) is 12.6. The van der Waals surface area contributed by atoms with E-state index >= 15 is 0 Å². The summed E-state index contributed by atoms with van der Waals surface area (Å²) in [6.45, 7) is 20.2. The van der Waals surface area contributed by atoms with Gasteiger partial charge in [0.05, 0.1) is 16.9 Å². The number of fused-ring (bicyclic) bond motifs is 5. The molecule has 0 spiro atoms. The lowest BCUT2D eigenvalue weighted by molar-refractivity contribution is 0.0858. The number of benzene rings is 4. The van der Waals surface area contributed by atoms with E-state index in [4.69, 9.17) is 24.4 Å². The van der Waals surface area contributed by atoms with Crippen LogP contribution in [0.5, 0.6) is 11.5 Å². The van der Waals surface area contributed by atoms with Crippen LogP contribution in [0.4, 0.5) is 0 Å². The summed E-state index contributed by atoms with van der Waals surface area (Å²) in [7, 11) is 0. The van der Waals surface area contributed by atoms with Crippen LogP contribution in [0.3, 0.4) is 0 Å². The van der Waals surface area contributed by atoms with E-state index < -0.39 is 5.54 Å². The molecule has 3 aromatic heterocycles. The van der Waals surface area contributed by atoms with Crippen molar-refractivity contribution in [3.63, 3.8) is 0 Å². The van der Waals surface area contributed by atoms with Gasteiger partial charge in [-0.3, -0.25) is 9.55 Å². The number of pyridine rings is 2. The first-order chi connectivity index (χ1) is 26.2. The molecular formula is C49H48N4O2. The lowest BCUT2D eigenvalue weighted by Crippen LogP contribution is -2.55. The molecule has 1 aliphatic carbocycles. The molecule has 6 heteroatoms. The van der Waals surface area contributed by atoms with Gasteiger partial charge in [-0.15, -0.1) is 0 Å². The molecule has 55 heavy (non-hydrogen) atoms. The van der Waals surface area contributed by atoms with Crippen molar-refractivity contribution in [2.45, 2.75) is 91.2 Å². The number of nitrogens with zero attached hydrogens (tertiary/aromatic N) is 4. The van der Waals surface area contributed by atoms with Gasteiger partial charge in [-0.25, -0.2) is 9.98 Å². The summed E-state index contributed by atoms with van der Waals surface area (Å²) in [6, 6.07) is 34.2. The standard InChI is InChI=1S/C49H48N4O2/c1-29-15-16-42-40(21-29)39-13-12-18-51-45(39)53(42)36-26-35(47(4,5)6)27-38(28-36)54-37-23-32(41-14-10-11-17-50-41)22-34(24-37)46-52-49(9)43(55-46)25-33-20-30(2)19-31(3)44(33)48(49,7)8/h10-24,26-28,43H,25H2,1-9H3/t43-,49+/m0/s1.